The fourth-order valence-corrected chi connectivity index (χ4v) is 2.39. The fraction of sp³-hybridized carbons (Fsp3) is 0.600. The maximum Gasteiger partial charge on any atom is 0.0244 e. The van der Waals surface area contributed by atoms with E-state index in [2.05, 4.69) is 72.0 Å². The van der Waals surface area contributed by atoms with Gasteiger partial charge in [0.15, 0.2) is 0 Å². The lowest BCUT2D eigenvalue weighted by atomic mass is 10.1. The van der Waals surface area contributed by atoms with Crippen LogP contribution in [0.4, 0.5) is 0 Å². The normalized spacial score (nSPS) is 11.5. The molecule has 0 aliphatic rings. The second kappa shape index (κ2) is 7.93. The lowest BCUT2D eigenvalue weighted by Crippen LogP contribution is -2.23. The Balaban J connectivity index is 2.67. The summed E-state index contributed by atoms with van der Waals surface area (Å²) >= 11 is 3.69. The van der Waals surface area contributed by atoms with Gasteiger partial charge in [-0.1, -0.05) is 55.8 Å². The molecule has 0 aliphatic heterocycles. The van der Waals surface area contributed by atoms with Crippen LogP contribution in [-0.2, 0) is 13.1 Å². The minimum atomic E-state index is 0.527. The van der Waals surface area contributed by atoms with Gasteiger partial charge in [-0.25, -0.2) is 0 Å². The summed E-state index contributed by atoms with van der Waals surface area (Å²) in [5.41, 5.74) is 2.70. The van der Waals surface area contributed by atoms with Crippen LogP contribution in [0.5, 0.6) is 0 Å². The minimum Gasteiger partial charge on any atom is -0.310 e. The molecular formula is C15H25BrN2. The van der Waals surface area contributed by atoms with E-state index in [9.17, 15) is 0 Å². The maximum atomic E-state index is 3.69. The molecule has 0 fully saturated rings. The van der Waals surface area contributed by atoms with Gasteiger partial charge < -0.3 is 5.32 Å². The van der Waals surface area contributed by atoms with E-state index >= 15 is 0 Å². The van der Waals surface area contributed by atoms with Crippen LogP contribution in [-0.4, -0.2) is 24.0 Å². The highest BCUT2D eigenvalue weighted by molar-refractivity contribution is 9.10. The molecule has 3 heteroatoms. The van der Waals surface area contributed by atoms with Crippen LogP contribution in [0.2, 0.25) is 0 Å². The van der Waals surface area contributed by atoms with Crippen molar-refractivity contribution in [1.29, 1.82) is 0 Å². The second-order valence-electron chi connectivity index (χ2n) is 4.92. The third-order valence-corrected chi connectivity index (χ3v) is 3.86. The van der Waals surface area contributed by atoms with Crippen molar-refractivity contribution in [2.45, 2.75) is 46.8 Å². The summed E-state index contributed by atoms with van der Waals surface area (Å²) in [6.45, 7) is 12.9. The first-order valence-electron chi connectivity index (χ1n) is 6.79. The summed E-state index contributed by atoms with van der Waals surface area (Å²) in [4.78, 5) is 2.42. The molecule has 0 aromatic heterocycles. The first-order chi connectivity index (χ1) is 8.56. The summed E-state index contributed by atoms with van der Waals surface area (Å²) in [6, 6.07) is 7.21. The van der Waals surface area contributed by atoms with Gasteiger partial charge >= 0.3 is 0 Å². The number of hydrogen-bond acceptors (Lipinski definition) is 2. The van der Waals surface area contributed by atoms with Crippen molar-refractivity contribution in [3.8, 4) is 0 Å². The van der Waals surface area contributed by atoms with E-state index in [4.69, 9.17) is 0 Å². The Labute approximate surface area is 120 Å². The predicted octanol–water partition coefficient (Wildman–Crippen LogP) is 3.79. The summed E-state index contributed by atoms with van der Waals surface area (Å²) in [6.07, 6.45) is 0. The Morgan fingerprint density at radius 2 is 1.89 bits per heavy atom. The Morgan fingerprint density at radius 1 is 1.22 bits per heavy atom. The zero-order valence-corrected chi connectivity index (χ0v) is 13.5. The van der Waals surface area contributed by atoms with Gasteiger partial charge in [0.25, 0.3) is 0 Å². The Morgan fingerprint density at radius 3 is 2.39 bits per heavy atom. The minimum absolute atomic E-state index is 0.527. The third kappa shape index (κ3) is 5.09. The highest BCUT2D eigenvalue weighted by Crippen LogP contribution is 2.20. The van der Waals surface area contributed by atoms with Crippen molar-refractivity contribution in [2.24, 2.45) is 0 Å². The first-order valence-corrected chi connectivity index (χ1v) is 7.59. The monoisotopic (exact) mass is 312 g/mol. The summed E-state index contributed by atoms with van der Waals surface area (Å²) < 4.78 is 1.22. The van der Waals surface area contributed by atoms with Crippen LogP contribution >= 0.6 is 15.9 Å². The molecular weight excluding hydrogens is 288 g/mol. The first kappa shape index (κ1) is 15.7. The molecule has 0 atom stereocenters. The zero-order chi connectivity index (χ0) is 13.5. The van der Waals surface area contributed by atoms with E-state index in [0.29, 0.717) is 6.04 Å². The van der Waals surface area contributed by atoms with Gasteiger partial charge in [-0.05, 0) is 30.3 Å². The van der Waals surface area contributed by atoms with Crippen LogP contribution in [0.3, 0.4) is 0 Å². The van der Waals surface area contributed by atoms with Crippen molar-refractivity contribution < 1.29 is 0 Å². The Hall–Kier alpha value is -0.380. The number of rotatable bonds is 7. The van der Waals surface area contributed by atoms with Gasteiger partial charge in [0.05, 0.1) is 0 Å². The van der Waals surface area contributed by atoms with E-state index in [1.54, 1.807) is 0 Å². The van der Waals surface area contributed by atoms with E-state index < -0.39 is 0 Å². The van der Waals surface area contributed by atoms with Crippen molar-refractivity contribution in [3.05, 3.63) is 33.8 Å². The highest BCUT2D eigenvalue weighted by Gasteiger charge is 2.06. The van der Waals surface area contributed by atoms with Crippen molar-refractivity contribution >= 4 is 15.9 Å². The van der Waals surface area contributed by atoms with Crippen LogP contribution in [0.15, 0.2) is 22.7 Å². The smallest absolute Gasteiger partial charge is 0.0244 e. The quantitative estimate of drug-likeness (QED) is 0.824. The molecule has 0 radical (unpaired) electrons. The molecule has 102 valence electrons. The topological polar surface area (TPSA) is 15.3 Å². The lowest BCUT2D eigenvalue weighted by Gasteiger charge is -2.19. The zero-order valence-electron chi connectivity index (χ0n) is 12.0. The SMILES string of the molecule is CCN(CC)Cc1ccc(CNC(C)C)cc1Br. The van der Waals surface area contributed by atoms with Crippen molar-refractivity contribution in [1.82, 2.24) is 10.2 Å². The van der Waals surface area contributed by atoms with Crippen LogP contribution in [0, 0.1) is 0 Å². The summed E-state index contributed by atoms with van der Waals surface area (Å²) in [5, 5.41) is 3.44. The molecule has 0 spiro atoms. The molecule has 0 bridgehead atoms. The molecule has 0 amide bonds. The molecule has 2 nitrogen and oxygen atoms in total. The highest BCUT2D eigenvalue weighted by atomic mass is 79.9. The fourth-order valence-electron chi connectivity index (χ4n) is 1.84. The van der Waals surface area contributed by atoms with E-state index in [0.717, 1.165) is 26.2 Å². The second-order valence-corrected chi connectivity index (χ2v) is 5.78. The number of benzene rings is 1. The van der Waals surface area contributed by atoms with Crippen LogP contribution in [0.25, 0.3) is 0 Å². The lowest BCUT2D eigenvalue weighted by molar-refractivity contribution is 0.295. The number of halogens is 1. The van der Waals surface area contributed by atoms with Crippen LogP contribution in [0.1, 0.15) is 38.8 Å². The van der Waals surface area contributed by atoms with Gasteiger partial charge in [-0.3, -0.25) is 4.90 Å². The average Bonchev–Trinajstić information content (AvgIpc) is 2.35. The predicted molar refractivity (Wildman–Crippen MR) is 82.7 cm³/mol. The Bertz CT molecular complexity index is 360. The maximum absolute atomic E-state index is 3.69. The molecule has 1 N–H and O–H groups in total. The van der Waals surface area contributed by atoms with E-state index in [1.807, 2.05) is 0 Å². The van der Waals surface area contributed by atoms with Crippen molar-refractivity contribution in [3.63, 3.8) is 0 Å². The van der Waals surface area contributed by atoms with Gasteiger partial charge in [0.1, 0.15) is 0 Å². The molecule has 1 aromatic rings. The van der Waals surface area contributed by atoms with Gasteiger partial charge in [0.2, 0.25) is 0 Å². The largest absolute Gasteiger partial charge is 0.310 e. The average molecular weight is 313 g/mol. The number of nitrogens with zero attached hydrogens (tertiary/aromatic N) is 1. The van der Waals surface area contributed by atoms with E-state index in [1.165, 1.54) is 15.6 Å². The standard InChI is InChI=1S/C15H25BrN2/c1-5-18(6-2)11-14-8-7-13(9-15(14)16)10-17-12(3)4/h7-9,12,17H,5-6,10-11H2,1-4H3. The molecule has 18 heavy (non-hydrogen) atoms. The van der Waals surface area contributed by atoms with Crippen LogP contribution < -0.4 is 5.32 Å². The summed E-state index contributed by atoms with van der Waals surface area (Å²) in [5.74, 6) is 0. The van der Waals surface area contributed by atoms with Gasteiger partial charge in [0, 0.05) is 23.6 Å². The number of hydrogen-bond donors (Lipinski definition) is 1. The molecule has 0 saturated heterocycles. The molecule has 0 unspecified atom stereocenters. The van der Waals surface area contributed by atoms with E-state index in [-0.39, 0.29) is 0 Å². The molecule has 0 heterocycles. The Kier molecular flexibility index (Phi) is 6.90. The van der Waals surface area contributed by atoms with Gasteiger partial charge in [-0.15, -0.1) is 0 Å². The molecule has 1 rings (SSSR count). The van der Waals surface area contributed by atoms with Gasteiger partial charge in [-0.2, -0.15) is 0 Å². The molecule has 0 aliphatic carbocycles. The summed E-state index contributed by atoms with van der Waals surface area (Å²) in [7, 11) is 0. The molecule has 1 aromatic carbocycles. The van der Waals surface area contributed by atoms with Crippen molar-refractivity contribution in [2.75, 3.05) is 13.1 Å². The third-order valence-electron chi connectivity index (χ3n) is 3.12. The number of nitrogens with one attached hydrogen (secondary N) is 1. The molecule has 0 saturated carbocycles.